The Balaban J connectivity index is 2.97. The van der Waals surface area contributed by atoms with Gasteiger partial charge >= 0.3 is 0 Å². The molecule has 0 aliphatic rings. The minimum absolute atomic E-state index is 0.448. The van der Waals surface area contributed by atoms with Gasteiger partial charge in [-0.25, -0.2) is 0 Å². The van der Waals surface area contributed by atoms with Crippen molar-refractivity contribution in [1.82, 2.24) is 0 Å². The van der Waals surface area contributed by atoms with Crippen LogP contribution in [-0.4, -0.2) is 6.29 Å². The molecular weight excluding hydrogens is 255 g/mol. The molecule has 0 saturated heterocycles. The van der Waals surface area contributed by atoms with Gasteiger partial charge in [0, 0.05) is 17.5 Å². The molecule has 0 fully saturated rings. The highest BCUT2D eigenvalue weighted by Crippen LogP contribution is 2.15. The Morgan fingerprint density at radius 3 is 2.18 bits per heavy atom. The van der Waals surface area contributed by atoms with Crippen LogP contribution in [0, 0.1) is 0 Å². The Bertz CT molecular complexity index is 422. The largest absolute Gasteiger partial charge is 0.303 e. The summed E-state index contributed by atoms with van der Waals surface area (Å²) in [6, 6.07) is 6.05. The normalized spacial score (nSPS) is 11.4. The molecule has 0 heterocycles. The molecule has 0 aromatic heterocycles. The van der Waals surface area contributed by atoms with E-state index in [0.717, 1.165) is 24.7 Å². The Morgan fingerprint density at radius 1 is 0.941 bits per heavy atom. The Morgan fingerprint density at radius 2 is 1.59 bits per heavy atom. The molecule has 17 heavy (non-hydrogen) atoms. The molecule has 0 amide bonds. The Kier molecular flexibility index (Phi) is 6.68. The molecule has 0 N–H and O–H groups in total. The van der Waals surface area contributed by atoms with E-state index in [1.54, 1.807) is 0 Å². The van der Waals surface area contributed by atoms with E-state index in [-0.39, 0.29) is 0 Å². The highest BCUT2D eigenvalue weighted by atomic mass is 35.5. The zero-order valence-electron chi connectivity index (χ0n) is 9.40. The lowest BCUT2D eigenvalue weighted by atomic mass is 9.98. The van der Waals surface area contributed by atoms with Gasteiger partial charge in [-0.1, -0.05) is 53.6 Å². The monoisotopic (exact) mass is 268 g/mol. The highest BCUT2D eigenvalue weighted by molar-refractivity contribution is 6.25. The number of rotatable bonds is 6. The summed E-state index contributed by atoms with van der Waals surface area (Å²) in [6.45, 7) is 0. The summed E-state index contributed by atoms with van der Waals surface area (Å²) in [5.74, 6) is 0. The predicted molar refractivity (Wildman–Crippen MR) is 73.6 cm³/mol. The van der Waals surface area contributed by atoms with E-state index in [1.807, 2.05) is 30.4 Å². The first-order chi connectivity index (χ1) is 8.31. The van der Waals surface area contributed by atoms with Crippen molar-refractivity contribution in [1.29, 1.82) is 0 Å². The molecule has 1 aromatic carbocycles. The van der Waals surface area contributed by atoms with Gasteiger partial charge in [0.25, 0.3) is 0 Å². The van der Waals surface area contributed by atoms with Gasteiger partial charge in [-0.3, -0.25) is 0 Å². The van der Waals surface area contributed by atoms with E-state index in [2.05, 4.69) is 0 Å². The second-order valence-electron chi connectivity index (χ2n) is 3.61. The van der Waals surface area contributed by atoms with Crippen molar-refractivity contribution in [3.05, 3.63) is 58.1 Å². The van der Waals surface area contributed by atoms with Gasteiger partial charge in [0.1, 0.15) is 6.29 Å². The zero-order chi connectivity index (χ0) is 12.5. The quantitative estimate of drug-likeness (QED) is 0.713. The average molecular weight is 269 g/mol. The zero-order valence-corrected chi connectivity index (χ0v) is 10.9. The summed E-state index contributed by atoms with van der Waals surface area (Å²) in [5, 5.41) is 0. The van der Waals surface area contributed by atoms with Gasteiger partial charge in [0.2, 0.25) is 0 Å². The van der Waals surface area contributed by atoms with E-state index < -0.39 is 0 Å². The fourth-order valence-corrected chi connectivity index (χ4v) is 1.81. The lowest BCUT2D eigenvalue weighted by molar-refractivity contribution is -0.107. The van der Waals surface area contributed by atoms with Crippen molar-refractivity contribution in [2.24, 2.45) is 0 Å². The van der Waals surface area contributed by atoms with E-state index in [4.69, 9.17) is 23.2 Å². The molecule has 0 bridgehead atoms. The molecule has 0 aliphatic heterocycles. The SMILES string of the molecule is O=CCc1ccc(CC=CCl)c(CC=CCl)c1. The van der Waals surface area contributed by atoms with Gasteiger partial charge < -0.3 is 4.79 Å². The van der Waals surface area contributed by atoms with Crippen molar-refractivity contribution in [3.8, 4) is 0 Å². The fraction of sp³-hybridized carbons (Fsp3) is 0.214. The maximum Gasteiger partial charge on any atom is 0.124 e. The molecule has 0 atom stereocenters. The number of allylic oxidation sites excluding steroid dienone is 2. The van der Waals surface area contributed by atoms with Gasteiger partial charge in [0.05, 0.1) is 0 Å². The van der Waals surface area contributed by atoms with Crippen LogP contribution in [0.5, 0.6) is 0 Å². The number of carbonyl (C=O) groups is 1. The van der Waals surface area contributed by atoms with Gasteiger partial charge in [-0.2, -0.15) is 0 Å². The molecule has 1 rings (SSSR count). The summed E-state index contributed by atoms with van der Waals surface area (Å²) < 4.78 is 0. The van der Waals surface area contributed by atoms with Crippen LogP contribution in [0.2, 0.25) is 0 Å². The van der Waals surface area contributed by atoms with E-state index in [0.29, 0.717) is 6.42 Å². The fourth-order valence-electron chi connectivity index (χ4n) is 1.63. The third-order valence-electron chi connectivity index (χ3n) is 2.44. The van der Waals surface area contributed by atoms with Crippen LogP contribution in [0.15, 0.2) is 41.4 Å². The molecule has 90 valence electrons. The maximum atomic E-state index is 10.5. The van der Waals surface area contributed by atoms with Crippen LogP contribution < -0.4 is 0 Å². The molecular formula is C14H14Cl2O. The topological polar surface area (TPSA) is 17.1 Å². The Labute approximate surface area is 112 Å². The highest BCUT2D eigenvalue weighted by Gasteiger charge is 2.02. The number of hydrogen-bond donors (Lipinski definition) is 0. The van der Waals surface area contributed by atoms with Gasteiger partial charge in [0.15, 0.2) is 0 Å². The van der Waals surface area contributed by atoms with Gasteiger partial charge in [-0.05, 0) is 29.5 Å². The first-order valence-electron chi connectivity index (χ1n) is 5.36. The Hall–Kier alpha value is -1.05. The van der Waals surface area contributed by atoms with Crippen LogP contribution in [0.1, 0.15) is 16.7 Å². The lowest BCUT2D eigenvalue weighted by Crippen LogP contribution is -1.95. The van der Waals surface area contributed by atoms with Crippen LogP contribution >= 0.6 is 23.2 Å². The predicted octanol–water partition coefficient (Wildman–Crippen LogP) is 4.02. The third-order valence-corrected chi connectivity index (χ3v) is 2.80. The second kappa shape index (κ2) is 8.10. The first-order valence-corrected chi connectivity index (χ1v) is 6.24. The van der Waals surface area contributed by atoms with E-state index in [9.17, 15) is 4.79 Å². The van der Waals surface area contributed by atoms with Crippen molar-refractivity contribution >= 4 is 29.5 Å². The van der Waals surface area contributed by atoms with Gasteiger partial charge in [-0.15, -0.1) is 0 Å². The summed E-state index contributed by atoms with van der Waals surface area (Å²) >= 11 is 11.1. The second-order valence-corrected chi connectivity index (χ2v) is 4.11. The molecule has 0 aliphatic carbocycles. The van der Waals surface area contributed by atoms with Crippen molar-refractivity contribution in [3.63, 3.8) is 0 Å². The summed E-state index contributed by atoms with van der Waals surface area (Å²) in [7, 11) is 0. The van der Waals surface area contributed by atoms with E-state index in [1.165, 1.54) is 22.2 Å². The molecule has 1 nitrogen and oxygen atoms in total. The average Bonchev–Trinajstić information content (AvgIpc) is 2.35. The molecule has 0 radical (unpaired) electrons. The standard InChI is InChI=1S/C14H14Cl2O/c15-8-1-3-13-6-5-12(7-10-17)11-14(13)4-2-9-16/h1-2,5-6,8-11H,3-4,7H2. The number of hydrogen-bond acceptors (Lipinski definition) is 1. The molecule has 0 spiro atoms. The number of aldehydes is 1. The lowest BCUT2D eigenvalue weighted by Gasteiger charge is -2.07. The number of halogens is 2. The summed E-state index contributed by atoms with van der Waals surface area (Å²) in [6.07, 6.45) is 6.69. The van der Waals surface area contributed by atoms with Crippen molar-refractivity contribution in [2.45, 2.75) is 19.3 Å². The minimum Gasteiger partial charge on any atom is -0.303 e. The molecule has 0 unspecified atom stereocenters. The summed E-state index contributed by atoms with van der Waals surface area (Å²) in [5.41, 5.74) is 6.42. The summed E-state index contributed by atoms with van der Waals surface area (Å²) in [4.78, 5) is 10.5. The third kappa shape index (κ3) is 4.76. The van der Waals surface area contributed by atoms with Crippen LogP contribution in [0.25, 0.3) is 0 Å². The minimum atomic E-state index is 0.448. The van der Waals surface area contributed by atoms with Crippen molar-refractivity contribution < 1.29 is 4.79 Å². The first kappa shape index (κ1) is 14.0. The smallest absolute Gasteiger partial charge is 0.124 e. The molecule has 3 heteroatoms. The van der Waals surface area contributed by atoms with Crippen molar-refractivity contribution in [2.75, 3.05) is 0 Å². The van der Waals surface area contributed by atoms with Crippen LogP contribution in [0.3, 0.4) is 0 Å². The molecule has 1 aromatic rings. The number of carbonyl (C=O) groups excluding carboxylic acids is 1. The molecule has 0 saturated carbocycles. The van der Waals surface area contributed by atoms with Crippen LogP contribution in [-0.2, 0) is 24.1 Å². The van der Waals surface area contributed by atoms with E-state index >= 15 is 0 Å². The number of benzene rings is 1. The van der Waals surface area contributed by atoms with Crippen LogP contribution in [0.4, 0.5) is 0 Å². The maximum absolute atomic E-state index is 10.5.